The zero-order valence-corrected chi connectivity index (χ0v) is 9.58. The first kappa shape index (κ1) is 14.1. The Kier molecular flexibility index (Phi) is 7.95. The number of aliphatic hydroxyl groups is 1. The lowest BCUT2D eigenvalue weighted by Gasteiger charge is -2.09. The fraction of sp³-hybridized carbons (Fsp3) is 0.727. The zero-order chi connectivity index (χ0) is 11.7. The summed E-state index contributed by atoms with van der Waals surface area (Å²) in [5, 5.41) is 12.3. The highest BCUT2D eigenvalue weighted by Crippen LogP contribution is 1.96. The fourth-order valence-electron chi connectivity index (χ4n) is 1.02. The molecule has 0 spiro atoms. The molecule has 2 N–H and O–H groups in total. The largest absolute Gasteiger partial charge is 0.463 e. The molecule has 0 bridgehead atoms. The number of ether oxygens (including phenoxy) is 1. The van der Waals surface area contributed by atoms with E-state index in [1.807, 2.05) is 6.92 Å². The SMILES string of the molecule is C=C(CNCCC(O)CC)C(=O)OCC. The van der Waals surface area contributed by atoms with Crippen LogP contribution in [0, 0.1) is 0 Å². The van der Waals surface area contributed by atoms with Gasteiger partial charge in [0.15, 0.2) is 0 Å². The molecule has 0 fully saturated rings. The smallest absolute Gasteiger partial charge is 0.334 e. The zero-order valence-electron chi connectivity index (χ0n) is 9.58. The maximum atomic E-state index is 11.1. The Morgan fingerprint density at radius 1 is 1.53 bits per heavy atom. The number of carbonyl (C=O) groups excluding carboxylic acids is 1. The number of aliphatic hydroxyl groups excluding tert-OH is 1. The van der Waals surface area contributed by atoms with Gasteiger partial charge in [0.2, 0.25) is 0 Å². The minimum absolute atomic E-state index is 0.270. The monoisotopic (exact) mass is 215 g/mol. The van der Waals surface area contributed by atoms with Crippen molar-refractivity contribution >= 4 is 5.97 Å². The number of esters is 1. The Morgan fingerprint density at radius 2 is 2.20 bits per heavy atom. The van der Waals surface area contributed by atoms with E-state index in [1.165, 1.54) is 0 Å². The molecule has 0 radical (unpaired) electrons. The molecule has 0 aromatic carbocycles. The van der Waals surface area contributed by atoms with Gasteiger partial charge in [0.05, 0.1) is 12.7 Å². The second-order valence-electron chi connectivity index (χ2n) is 3.35. The van der Waals surface area contributed by atoms with Gasteiger partial charge in [-0.3, -0.25) is 0 Å². The first-order valence-corrected chi connectivity index (χ1v) is 5.35. The van der Waals surface area contributed by atoms with Crippen molar-refractivity contribution in [1.82, 2.24) is 5.32 Å². The average molecular weight is 215 g/mol. The summed E-state index contributed by atoms with van der Waals surface area (Å²) in [4.78, 5) is 11.1. The van der Waals surface area contributed by atoms with E-state index in [9.17, 15) is 9.90 Å². The van der Waals surface area contributed by atoms with Crippen LogP contribution in [0.4, 0.5) is 0 Å². The summed E-state index contributed by atoms with van der Waals surface area (Å²) in [6.45, 7) is 8.76. The maximum Gasteiger partial charge on any atom is 0.334 e. The molecular weight excluding hydrogens is 194 g/mol. The molecule has 15 heavy (non-hydrogen) atoms. The highest BCUT2D eigenvalue weighted by molar-refractivity contribution is 5.88. The van der Waals surface area contributed by atoms with Crippen LogP contribution < -0.4 is 5.32 Å². The number of hydrogen-bond donors (Lipinski definition) is 2. The first-order chi connectivity index (χ1) is 7.11. The Hall–Kier alpha value is -0.870. The predicted molar refractivity (Wildman–Crippen MR) is 59.6 cm³/mol. The third-order valence-electron chi connectivity index (χ3n) is 2.03. The Bertz CT molecular complexity index is 204. The van der Waals surface area contributed by atoms with Gasteiger partial charge < -0.3 is 15.2 Å². The summed E-state index contributed by atoms with van der Waals surface area (Å²) in [7, 11) is 0. The van der Waals surface area contributed by atoms with Gasteiger partial charge in [0, 0.05) is 12.1 Å². The van der Waals surface area contributed by atoms with Crippen LogP contribution in [0.15, 0.2) is 12.2 Å². The van der Waals surface area contributed by atoms with Crippen molar-refractivity contribution < 1.29 is 14.6 Å². The Labute approximate surface area is 91.3 Å². The van der Waals surface area contributed by atoms with E-state index in [4.69, 9.17) is 4.74 Å². The minimum atomic E-state index is -0.360. The lowest BCUT2D eigenvalue weighted by molar-refractivity contribution is -0.138. The second-order valence-corrected chi connectivity index (χ2v) is 3.35. The molecule has 0 saturated carbocycles. The van der Waals surface area contributed by atoms with Gasteiger partial charge in [0.25, 0.3) is 0 Å². The molecule has 0 rings (SSSR count). The summed E-state index contributed by atoms with van der Waals surface area (Å²) in [6, 6.07) is 0. The molecule has 0 aromatic heterocycles. The molecule has 0 aliphatic carbocycles. The summed E-state index contributed by atoms with van der Waals surface area (Å²) < 4.78 is 4.78. The van der Waals surface area contributed by atoms with Gasteiger partial charge in [-0.15, -0.1) is 0 Å². The fourth-order valence-corrected chi connectivity index (χ4v) is 1.02. The molecule has 4 heteroatoms. The van der Waals surface area contributed by atoms with Gasteiger partial charge in [-0.25, -0.2) is 4.79 Å². The molecule has 0 saturated heterocycles. The van der Waals surface area contributed by atoms with Crippen molar-refractivity contribution in [3.63, 3.8) is 0 Å². The topological polar surface area (TPSA) is 58.6 Å². The van der Waals surface area contributed by atoms with E-state index < -0.39 is 0 Å². The minimum Gasteiger partial charge on any atom is -0.463 e. The molecular formula is C11H21NO3. The van der Waals surface area contributed by atoms with E-state index >= 15 is 0 Å². The van der Waals surface area contributed by atoms with Crippen LogP contribution >= 0.6 is 0 Å². The number of nitrogens with one attached hydrogen (secondary N) is 1. The van der Waals surface area contributed by atoms with Crippen LogP contribution in [0.2, 0.25) is 0 Å². The van der Waals surface area contributed by atoms with Crippen LogP contribution in [0.25, 0.3) is 0 Å². The highest BCUT2D eigenvalue weighted by atomic mass is 16.5. The van der Waals surface area contributed by atoms with Crippen LogP contribution in [-0.2, 0) is 9.53 Å². The third kappa shape index (κ3) is 7.11. The van der Waals surface area contributed by atoms with Gasteiger partial charge in [-0.05, 0) is 26.3 Å². The normalized spacial score (nSPS) is 12.2. The van der Waals surface area contributed by atoms with E-state index in [0.717, 1.165) is 6.42 Å². The number of carbonyl (C=O) groups is 1. The Morgan fingerprint density at radius 3 is 2.73 bits per heavy atom. The molecule has 88 valence electrons. The van der Waals surface area contributed by atoms with Crippen molar-refractivity contribution in [2.24, 2.45) is 0 Å². The molecule has 0 aromatic rings. The van der Waals surface area contributed by atoms with Gasteiger partial charge in [-0.2, -0.15) is 0 Å². The van der Waals surface area contributed by atoms with E-state index in [1.54, 1.807) is 6.92 Å². The van der Waals surface area contributed by atoms with Crippen LogP contribution in [-0.4, -0.2) is 36.9 Å². The molecule has 0 aliphatic heterocycles. The predicted octanol–water partition coefficient (Wildman–Crippen LogP) is 0.856. The van der Waals surface area contributed by atoms with Crippen molar-refractivity contribution in [2.75, 3.05) is 19.7 Å². The van der Waals surface area contributed by atoms with Gasteiger partial charge >= 0.3 is 5.97 Å². The molecule has 4 nitrogen and oxygen atoms in total. The van der Waals surface area contributed by atoms with E-state index in [0.29, 0.717) is 31.7 Å². The van der Waals surface area contributed by atoms with Gasteiger partial charge in [-0.1, -0.05) is 13.5 Å². The molecule has 0 heterocycles. The lowest BCUT2D eigenvalue weighted by atomic mass is 10.2. The van der Waals surface area contributed by atoms with Crippen molar-refractivity contribution in [3.8, 4) is 0 Å². The number of rotatable bonds is 8. The summed E-state index contributed by atoms with van der Waals surface area (Å²) in [6.07, 6.45) is 1.17. The van der Waals surface area contributed by atoms with Crippen molar-refractivity contribution in [1.29, 1.82) is 0 Å². The van der Waals surface area contributed by atoms with Crippen molar-refractivity contribution in [2.45, 2.75) is 32.8 Å². The standard InChI is InChI=1S/C11H21NO3/c1-4-10(13)6-7-12-8-9(3)11(14)15-5-2/h10,12-13H,3-8H2,1-2H3. The van der Waals surface area contributed by atoms with Gasteiger partial charge in [0.1, 0.15) is 0 Å². The summed E-state index contributed by atoms with van der Waals surface area (Å²) in [5.41, 5.74) is 0.419. The highest BCUT2D eigenvalue weighted by Gasteiger charge is 2.07. The second kappa shape index (κ2) is 8.44. The maximum absolute atomic E-state index is 11.1. The van der Waals surface area contributed by atoms with Crippen LogP contribution in [0.5, 0.6) is 0 Å². The molecule has 0 aliphatic rings. The quantitative estimate of drug-likeness (QED) is 0.358. The lowest BCUT2D eigenvalue weighted by Crippen LogP contribution is -2.25. The molecule has 0 amide bonds. The third-order valence-corrected chi connectivity index (χ3v) is 2.03. The Balaban J connectivity index is 3.51. The van der Waals surface area contributed by atoms with E-state index in [-0.39, 0.29) is 12.1 Å². The first-order valence-electron chi connectivity index (χ1n) is 5.35. The van der Waals surface area contributed by atoms with Crippen LogP contribution in [0.1, 0.15) is 26.7 Å². The van der Waals surface area contributed by atoms with E-state index in [2.05, 4.69) is 11.9 Å². The average Bonchev–Trinajstić information content (AvgIpc) is 2.23. The molecule has 1 unspecified atom stereocenters. The van der Waals surface area contributed by atoms with Crippen LogP contribution in [0.3, 0.4) is 0 Å². The number of hydrogen-bond acceptors (Lipinski definition) is 4. The molecule has 1 atom stereocenters. The summed E-state index contributed by atoms with van der Waals surface area (Å²) in [5.74, 6) is -0.360. The summed E-state index contributed by atoms with van der Waals surface area (Å²) >= 11 is 0. The van der Waals surface area contributed by atoms with Crippen molar-refractivity contribution in [3.05, 3.63) is 12.2 Å².